The normalized spacial score (nSPS) is 18.9. The molecule has 22 heavy (non-hydrogen) atoms. The summed E-state index contributed by atoms with van der Waals surface area (Å²) in [4.78, 5) is 25.9. The summed E-state index contributed by atoms with van der Waals surface area (Å²) in [6.45, 7) is 0.768. The van der Waals surface area contributed by atoms with Crippen molar-refractivity contribution < 1.29 is 4.79 Å². The van der Waals surface area contributed by atoms with E-state index in [4.69, 9.17) is 5.73 Å². The summed E-state index contributed by atoms with van der Waals surface area (Å²) in [5.41, 5.74) is 6.39. The van der Waals surface area contributed by atoms with Gasteiger partial charge in [-0.25, -0.2) is 9.97 Å². The van der Waals surface area contributed by atoms with Gasteiger partial charge in [0.05, 0.1) is 0 Å². The van der Waals surface area contributed by atoms with Crippen molar-refractivity contribution in [1.82, 2.24) is 15.0 Å². The van der Waals surface area contributed by atoms with Crippen LogP contribution in [0, 0.1) is 6.42 Å². The zero-order chi connectivity index (χ0) is 15.1. The number of nitrogens with one attached hydrogen (secondary N) is 1. The lowest BCUT2D eigenvalue weighted by Gasteiger charge is -2.35. The fourth-order valence-electron chi connectivity index (χ4n) is 3.18. The van der Waals surface area contributed by atoms with E-state index in [1.807, 2.05) is 35.8 Å². The maximum atomic E-state index is 11.8. The number of H-pyrrole nitrogens is 1. The first-order chi connectivity index (χ1) is 10.8. The van der Waals surface area contributed by atoms with E-state index in [9.17, 15) is 4.79 Å². The van der Waals surface area contributed by atoms with E-state index in [1.54, 1.807) is 6.20 Å². The Balaban J connectivity index is 1.97. The molecular weight excluding hydrogens is 278 g/mol. The Kier molecular flexibility index (Phi) is 2.96. The Morgan fingerprint density at radius 2 is 2.27 bits per heavy atom. The number of rotatable bonds is 2. The van der Waals surface area contributed by atoms with Gasteiger partial charge in [-0.15, -0.1) is 0 Å². The van der Waals surface area contributed by atoms with E-state index in [0.29, 0.717) is 0 Å². The van der Waals surface area contributed by atoms with Crippen LogP contribution in [0.2, 0.25) is 0 Å². The molecule has 3 N–H and O–H groups in total. The second kappa shape index (κ2) is 4.98. The molecule has 3 aromatic heterocycles. The molecule has 1 aliphatic rings. The number of aromatic amines is 1. The lowest BCUT2D eigenvalue weighted by atomic mass is 10.0. The van der Waals surface area contributed by atoms with E-state index in [0.717, 1.165) is 47.0 Å². The molecule has 4 rings (SSSR count). The molecule has 0 aliphatic carbocycles. The first-order valence-corrected chi connectivity index (χ1v) is 7.36. The molecule has 1 aliphatic heterocycles. The minimum absolute atomic E-state index is 0.335. The molecular formula is C16H16N5O. The van der Waals surface area contributed by atoms with Gasteiger partial charge in [0.15, 0.2) is 0 Å². The molecule has 1 atom stereocenters. The minimum Gasteiger partial charge on any atom is -0.368 e. The lowest BCUT2D eigenvalue weighted by Crippen LogP contribution is -2.48. The van der Waals surface area contributed by atoms with Crippen molar-refractivity contribution in [3.63, 3.8) is 0 Å². The molecule has 111 valence electrons. The number of amides is 1. The van der Waals surface area contributed by atoms with Crippen LogP contribution in [-0.2, 0) is 4.79 Å². The topological polar surface area (TPSA) is 87.9 Å². The predicted octanol–water partition coefficient (Wildman–Crippen LogP) is 1.77. The van der Waals surface area contributed by atoms with E-state index >= 15 is 0 Å². The number of anilines is 1. The monoisotopic (exact) mass is 294 g/mol. The first-order valence-electron chi connectivity index (χ1n) is 7.36. The van der Waals surface area contributed by atoms with Crippen LogP contribution in [0.1, 0.15) is 12.8 Å². The highest BCUT2D eigenvalue weighted by Crippen LogP contribution is 2.33. The van der Waals surface area contributed by atoms with Crippen LogP contribution < -0.4 is 10.6 Å². The smallest absolute Gasteiger partial charge is 0.240 e. The number of piperidine rings is 1. The van der Waals surface area contributed by atoms with Gasteiger partial charge < -0.3 is 15.6 Å². The average molecular weight is 294 g/mol. The number of hydrogen-bond donors (Lipinski definition) is 2. The van der Waals surface area contributed by atoms with Crippen LogP contribution in [0.25, 0.3) is 21.8 Å². The van der Waals surface area contributed by atoms with E-state index < -0.39 is 6.04 Å². The van der Waals surface area contributed by atoms with Crippen molar-refractivity contribution in [2.24, 2.45) is 5.73 Å². The van der Waals surface area contributed by atoms with Crippen LogP contribution in [0.4, 0.5) is 5.82 Å². The van der Waals surface area contributed by atoms with Gasteiger partial charge in [-0.2, -0.15) is 0 Å². The van der Waals surface area contributed by atoms with Gasteiger partial charge in [0, 0.05) is 41.3 Å². The Morgan fingerprint density at radius 1 is 1.36 bits per heavy atom. The molecule has 6 nitrogen and oxygen atoms in total. The van der Waals surface area contributed by atoms with Gasteiger partial charge in [0.1, 0.15) is 17.5 Å². The summed E-state index contributed by atoms with van der Waals surface area (Å²) in [6.07, 6.45) is 9.31. The predicted molar refractivity (Wildman–Crippen MR) is 85.3 cm³/mol. The SMILES string of the molecule is NC(=O)C1[CH]CCCN1c1nccc2cnc3[nH]ccc3c12. The second-order valence-electron chi connectivity index (χ2n) is 5.52. The zero-order valence-corrected chi connectivity index (χ0v) is 12.0. The van der Waals surface area contributed by atoms with E-state index in [2.05, 4.69) is 15.0 Å². The van der Waals surface area contributed by atoms with Crippen LogP contribution >= 0.6 is 0 Å². The number of fused-ring (bicyclic) bond motifs is 3. The molecule has 1 unspecified atom stereocenters. The highest BCUT2D eigenvalue weighted by atomic mass is 16.1. The van der Waals surface area contributed by atoms with Crippen molar-refractivity contribution in [2.75, 3.05) is 11.4 Å². The summed E-state index contributed by atoms with van der Waals surface area (Å²) in [6, 6.07) is 3.52. The van der Waals surface area contributed by atoms with Gasteiger partial charge >= 0.3 is 0 Å². The highest BCUT2D eigenvalue weighted by molar-refractivity contribution is 6.10. The number of nitrogens with zero attached hydrogens (tertiary/aromatic N) is 3. The third-order valence-corrected chi connectivity index (χ3v) is 4.18. The van der Waals surface area contributed by atoms with E-state index in [-0.39, 0.29) is 5.91 Å². The Hall–Kier alpha value is -2.63. The fraction of sp³-hybridized carbons (Fsp3) is 0.250. The molecule has 0 aromatic carbocycles. The number of carbonyl (C=O) groups is 1. The zero-order valence-electron chi connectivity index (χ0n) is 12.0. The highest BCUT2D eigenvalue weighted by Gasteiger charge is 2.29. The Morgan fingerprint density at radius 3 is 3.14 bits per heavy atom. The molecule has 1 fully saturated rings. The molecule has 1 radical (unpaired) electrons. The largest absolute Gasteiger partial charge is 0.368 e. The number of aromatic nitrogens is 3. The third-order valence-electron chi connectivity index (χ3n) is 4.18. The van der Waals surface area contributed by atoms with Crippen LogP contribution in [-0.4, -0.2) is 33.4 Å². The van der Waals surface area contributed by atoms with Gasteiger partial charge in [0.25, 0.3) is 0 Å². The Bertz CT molecular complexity index is 856. The fourth-order valence-corrected chi connectivity index (χ4v) is 3.18. The number of pyridine rings is 2. The molecule has 0 saturated carbocycles. The lowest BCUT2D eigenvalue weighted by molar-refractivity contribution is -0.118. The third kappa shape index (κ3) is 1.91. The van der Waals surface area contributed by atoms with Gasteiger partial charge in [-0.05, 0) is 31.4 Å². The molecule has 3 aromatic rings. The quantitative estimate of drug-likeness (QED) is 0.754. The van der Waals surface area contributed by atoms with Gasteiger partial charge in [-0.3, -0.25) is 4.79 Å². The molecule has 4 heterocycles. The summed E-state index contributed by atoms with van der Waals surface area (Å²) in [5.74, 6) is 0.460. The van der Waals surface area contributed by atoms with Crippen LogP contribution in [0.3, 0.4) is 0 Å². The summed E-state index contributed by atoms with van der Waals surface area (Å²) in [5, 5.41) is 3.02. The standard InChI is InChI=1S/C16H16N5O/c17-14(22)12-3-1-2-8-21(12)16-13-10(4-6-19-16)9-20-15-11(13)5-7-18-15/h3-7,9,12H,1-2,8H2,(H2,17,22)(H,18,20). The molecule has 0 bridgehead atoms. The summed E-state index contributed by atoms with van der Waals surface area (Å²) >= 11 is 0. The van der Waals surface area contributed by atoms with Crippen molar-refractivity contribution in [2.45, 2.75) is 18.9 Å². The molecule has 1 saturated heterocycles. The second-order valence-corrected chi connectivity index (χ2v) is 5.52. The Labute approximate surface area is 127 Å². The number of hydrogen-bond acceptors (Lipinski definition) is 4. The van der Waals surface area contributed by atoms with Gasteiger partial charge in [-0.1, -0.05) is 0 Å². The van der Waals surface area contributed by atoms with Crippen molar-refractivity contribution in [1.29, 1.82) is 0 Å². The number of primary amides is 1. The summed E-state index contributed by atoms with van der Waals surface area (Å²) in [7, 11) is 0. The van der Waals surface area contributed by atoms with Crippen molar-refractivity contribution in [3.05, 3.63) is 37.1 Å². The number of carbonyl (C=O) groups excluding carboxylic acids is 1. The van der Waals surface area contributed by atoms with E-state index in [1.165, 1.54) is 0 Å². The van der Waals surface area contributed by atoms with Crippen LogP contribution in [0.5, 0.6) is 0 Å². The van der Waals surface area contributed by atoms with Crippen molar-refractivity contribution in [3.8, 4) is 0 Å². The number of nitrogens with two attached hydrogens (primary N) is 1. The summed E-state index contributed by atoms with van der Waals surface area (Å²) < 4.78 is 0. The first kappa shape index (κ1) is 13.1. The van der Waals surface area contributed by atoms with Crippen LogP contribution in [0.15, 0.2) is 30.7 Å². The molecule has 6 heteroatoms. The van der Waals surface area contributed by atoms with Gasteiger partial charge in [0.2, 0.25) is 5.91 Å². The molecule has 1 amide bonds. The van der Waals surface area contributed by atoms with Crippen molar-refractivity contribution >= 4 is 33.5 Å². The maximum Gasteiger partial charge on any atom is 0.240 e. The minimum atomic E-state index is -0.408. The molecule has 0 spiro atoms. The average Bonchev–Trinajstić information content (AvgIpc) is 3.03. The maximum absolute atomic E-state index is 11.8.